The van der Waals surface area contributed by atoms with Gasteiger partial charge in [0.2, 0.25) is 5.91 Å². The average Bonchev–Trinajstić information content (AvgIpc) is 2.37. The van der Waals surface area contributed by atoms with E-state index in [1.165, 1.54) is 11.8 Å². The normalized spacial score (nSPS) is 11.6. The maximum Gasteiger partial charge on any atom is 0.234 e. The third kappa shape index (κ3) is 5.21. The lowest BCUT2D eigenvalue weighted by molar-refractivity contribution is -0.113. The van der Waals surface area contributed by atoms with Crippen LogP contribution >= 0.6 is 11.8 Å². The molecule has 5 heteroatoms. The fourth-order valence-corrected chi connectivity index (χ4v) is 2.13. The second-order valence-corrected chi connectivity index (χ2v) is 5.30. The van der Waals surface area contributed by atoms with Crippen LogP contribution in [0.1, 0.15) is 18.9 Å². The maximum atomic E-state index is 11.6. The largest absolute Gasteiger partial charge is 0.396 e. The summed E-state index contributed by atoms with van der Waals surface area (Å²) in [6.45, 7) is 2.12. The molecule has 18 heavy (non-hydrogen) atoms. The van der Waals surface area contributed by atoms with Gasteiger partial charge in [-0.25, -0.2) is 0 Å². The molecular formula is C13H16N2O2S. The van der Waals surface area contributed by atoms with E-state index in [0.717, 1.165) is 0 Å². The molecule has 96 valence electrons. The van der Waals surface area contributed by atoms with E-state index in [0.29, 0.717) is 23.4 Å². The van der Waals surface area contributed by atoms with Gasteiger partial charge in [-0.2, -0.15) is 5.26 Å². The fourth-order valence-electron chi connectivity index (χ4n) is 1.35. The maximum absolute atomic E-state index is 11.6. The van der Waals surface area contributed by atoms with Crippen LogP contribution in [0.3, 0.4) is 0 Å². The second kappa shape index (κ2) is 7.75. The van der Waals surface area contributed by atoms with E-state index in [1.807, 2.05) is 13.0 Å². The first kappa shape index (κ1) is 14.6. The standard InChI is InChI=1S/C13H16N2O2S/c1-10(5-6-16)18-9-13(17)15-12-4-2-3-11(7-12)8-14/h2-4,7,10,16H,5-6,9H2,1H3,(H,15,17). The van der Waals surface area contributed by atoms with Crippen LogP contribution in [0.2, 0.25) is 0 Å². The predicted octanol–water partition coefficient (Wildman–Crippen LogP) is 2.00. The molecule has 0 aliphatic rings. The topological polar surface area (TPSA) is 73.1 Å². The molecule has 1 aromatic rings. The number of nitriles is 1. The van der Waals surface area contributed by atoms with Gasteiger partial charge in [-0.05, 0) is 24.6 Å². The van der Waals surface area contributed by atoms with Crippen LogP contribution in [0.25, 0.3) is 0 Å². The summed E-state index contributed by atoms with van der Waals surface area (Å²) < 4.78 is 0. The molecule has 0 saturated heterocycles. The Kier molecular flexibility index (Phi) is 6.26. The van der Waals surface area contributed by atoms with E-state index in [4.69, 9.17) is 10.4 Å². The molecule has 1 atom stereocenters. The first-order chi connectivity index (χ1) is 8.65. The van der Waals surface area contributed by atoms with Crippen molar-refractivity contribution in [2.24, 2.45) is 0 Å². The Morgan fingerprint density at radius 3 is 3.06 bits per heavy atom. The molecule has 0 bridgehead atoms. The molecule has 0 radical (unpaired) electrons. The van der Waals surface area contributed by atoms with Crippen molar-refractivity contribution in [3.63, 3.8) is 0 Å². The number of aliphatic hydroxyl groups excluding tert-OH is 1. The lowest BCUT2D eigenvalue weighted by Gasteiger charge is -2.09. The van der Waals surface area contributed by atoms with Gasteiger partial charge in [-0.15, -0.1) is 11.8 Å². The monoisotopic (exact) mass is 264 g/mol. The van der Waals surface area contributed by atoms with Gasteiger partial charge in [-0.1, -0.05) is 13.0 Å². The molecular weight excluding hydrogens is 248 g/mol. The fraction of sp³-hybridized carbons (Fsp3) is 0.385. The van der Waals surface area contributed by atoms with Gasteiger partial charge in [0.05, 0.1) is 17.4 Å². The molecule has 0 heterocycles. The molecule has 0 spiro atoms. The minimum atomic E-state index is -0.0973. The Morgan fingerprint density at radius 2 is 2.39 bits per heavy atom. The molecule has 0 aliphatic carbocycles. The van der Waals surface area contributed by atoms with Crippen molar-refractivity contribution in [1.29, 1.82) is 5.26 Å². The zero-order valence-corrected chi connectivity index (χ0v) is 11.0. The van der Waals surface area contributed by atoms with E-state index in [1.54, 1.807) is 24.3 Å². The smallest absolute Gasteiger partial charge is 0.234 e. The van der Waals surface area contributed by atoms with E-state index in [2.05, 4.69) is 5.32 Å². The van der Waals surface area contributed by atoms with Gasteiger partial charge in [-0.3, -0.25) is 4.79 Å². The zero-order valence-electron chi connectivity index (χ0n) is 10.2. The summed E-state index contributed by atoms with van der Waals surface area (Å²) in [4.78, 5) is 11.6. The van der Waals surface area contributed by atoms with E-state index in [9.17, 15) is 4.79 Å². The third-order valence-corrected chi connectivity index (χ3v) is 3.54. The van der Waals surface area contributed by atoms with E-state index >= 15 is 0 Å². The van der Waals surface area contributed by atoms with E-state index in [-0.39, 0.29) is 17.8 Å². The third-order valence-electron chi connectivity index (χ3n) is 2.31. The molecule has 0 aromatic heterocycles. The molecule has 0 fully saturated rings. The number of nitrogens with zero attached hydrogens (tertiary/aromatic N) is 1. The number of rotatable bonds is 6. The summed E-state index contributed by atoms with van der Waals surface area (Å²) in [5, 5.41) is 20.5. The van der Waals surface area contributed by atoms with Gasteiger partial charge >= 0.3 is 0 Å². The second-order valence-electron chi connectivity index (χ2n) is 3.87. The van der Waals surface area contributed by atoms with Crippen LogP contribution in [-0.4, -0.2) is 28.6 Å². The Labute approximate surface area is 111 Å². The van der Waals surface area contributed by atoms with Gasteiger partial charge in [0.1, 0.15) is 0 Å². The number of amides is 1. The predicted molar refractivity (Wildman–Crippen MR) is 73.4 cm³/mol. The van der Waals surface area contributed by atoms with Gasteiger partial charge < -0.3 is 10.4 Å². The Hall–Kier alpha value is -1.51. The number of anilines is 1. The molecule has 2 N–H and O–H groups in total. The number of hydrogen-bond donors (Lipinski definition) is 2. The van der Waals surface area contributed by atoms with Crippen LogP contribution in [0, 0.1) is 11.3 Å². The minimum absolute atomic E-state index is 0.0973. The summed E-state index contributed by atoms with van der Waals surface area (Å²) in [6, 6.07) is 8.83. The highest BCUT2D eigenvalue weighted by Crippen LogP contribution is 2.15. The lowest BCUT2D eigenvalue weighted by Crippen LogP contribution is -2.16. The summed E-state index contributed by atoms with van der Waals surface area (Å²) in [5.74, 6) is 0.248. The van der Waals surface area contributed by atoms with Crippen molar-refractivity contribution in [2.75, 3.05) is 17.7 Å². The number of benzene rings is 1. The Bertz CT molecular complexity index is 443. The quantitative estimate of drug-likeness (QED) is 0.824. The summed E-state index contributed by atoms with van der Waals surface area (Å²) in [7, 11) is 0. The van der Waals surface area contributed by atoms with Crippen molar-refractivity contribution >= 4 is 23.4 Å². The Morgan fingerprint density at radius 1 is 1.61 bits per heavy atom. The Balaban J connectivity index is 2.42. The SMILES string of the molecule is CC(CCO)SCC(=O)Nc1cccc(C#N)c1. The number of hydrogen-bond acceptors (Lipinski definition) is 4. The van der Waals surface area contributed by atoms with Gasteiger partial charge in [0.15, 0.2) is 0 Å². The zero-order chi connectivity index (χ0) is 13.4. The summed E-state index contributed by atoms with van der Waals surface area (Å²) in [5.41, 5.74) is 1.16. The average molecular weight is 264 g/mol. The van der Waals surface area contributed by atoms with Crippen LogP contribution in [-0.2, 0) is 4.79 Å². The number of carbonyl (C=O) groups excluding carboxylic acids is 1. The van der Waals surface area contributed by atoms with Crippen LogP contribution < -0.4 is 5.32 Å². The number of thioether (sulfide) groups is 1. The van der Waals surface area contributed by atoms with Gasteiger partial charge in [0.25, 0.3) is 0 Å². The van der Waals surface area contributed by atoms with Crippen molar-refractivity contribution in [2.45, 2.75) is 18.6 Å². The first-order valence-corrected chi connectivity index (χ1v) is 6.73. The molecule has 1 amide bonds. The molecule has 4 nitrogen and oxygen atoms in total. The van der Waals surface area contributed by atoms with Crippen molar-refractivity contribution in [3.05, 3.63) is 29.8 Å². The van der Waals surface area contributed by atoms with Crippen LogP contribution in [0.15, 0.2) is 24.3 Å². The minimum Gasteiger partial charge on any atom is -0.396 e. The summed E-state index contributed by atoms with van der Waals surface area (Å²) >= 11 is 1.50. The number of aliphatic hydroxyl groups is 1. The molecule has 1 rings (SSSR count). The number of nitrogens with one attached hydrogen (secondary N) is 1. The van der Waals surface area contributed by atoms with Crippen LogP contribution in [0.5, 0.6) is 0 Å². The first-order valence-electron chi connectivity index (χ1n) is 5.68. The van der Waals surface area contributed by atoms with E-state index < -0.39 is 0 Å². The molecule has 0 saturated carbocycles. The van der Waals surface area contributed by atoms with Crippen LogP contribution in [0.4, 0.5) is 5.69 Å². The lowest BCUT2D eigenvalue weighted by atomic mass is 10.2. The van der Waals surface area contributed by atoms with Crippen molar-refractivity contribution < 1.29 is 9.90 Å². The van der Waals surface area contributed by atoms with Gasteiger partial charge in [0, 0.05) is 17.5 Å². The van der Waals surface area contributed by atoms with Crippen molar-refractivity contribution in [1.82, 2.24) is 0 Å². The molecule has 1 unspecified atom stereocenters. The molecule has 1 aromatic carbocycles. The highest BCUT2D eigenvalue weighted by Gasteiger charge is 2.07. The highest BCUT2D eigenvalue weighted by molar-refractivity contribution is 8.00. The highest BCUT2D eigenvalue weighted by atomic mass is 32.2. The summed E-state index contributed by atoms with van der Waals surface area (Å²) in [6.07, 6.45) is 0.682. The number of carbonyl (C=O) groups is 1. The van der Waals surface area contributed by atoms with Crippen molar-refractivity contribution in [3.8, 4) is 6.07 Å². The molecule has 0 aliphatic heterocycles.